The Hall–Kier alpha value is -1.64. The van der Waals surface area contributed by atoms with Crippen LogP contribution in [0, 0.1) is 5.41 Å². The minimum Gasteiger partial charge on any atom is -0.387 e. The van der Waals surface area contributed by atoms with E-state index in [-0.39, 0.29) is 5.84 Å². The number of rotatable bonds is 1. The minimum atomic E-state index is -1.00. The number of hydrogen-bond donors (Lipinski definition) is 5. The highest BCUT2D eigenvalue weighted by atomic mass is 16.6. The van der Waals surface area contributed by atoms with Gasteiger partial charge in [0, 0.05) is 6.54 Å². The third kappa shape index (κ3) is 1.35. The van der Waals surface area contributed by atoms with E-state index in [2.05, 4.69) is 10.3 Å². The van der Waals surface area contributed by atoms with Gasteiger partial charge < -0.3 is 26.0 Å². The number of nitrogens with two attached hydrogens (primary N) is 1. The normalized spacial score (nSPS) is 34.9. The molecule has 1 fully saturated rings. The first-order chi connectivity index (χ1) is 8.09. The summed E-state index contributed by atoms with van der Waals surface area (Å²) in [5.41, 5.74) is 5.73. The molecule has 2 aliphatic rings. The minimum absolute atomic E-state index is 0.154. The lowest BCUT2D eigenvalue weighted by molar-refractivity contribution is -0.0282. The molecule has 0 amide bonds. The summed E-state index contributed by atoms with van der Waals surface area (Å²) in [4.78, 5) is 3.99. The first kappa shape index (κ1) is 10.5. The molecule has 4 atom stereocenters. The van der Waals surface area contributed by atoms with E-state index in [1.165, 1.54) is 6.33 Å². The van der Waals surface area contributed by atoms with E-state index >= 15 is 0 Å². The molecule has 1 saturated heterocycles. The Morgan fingerprint density at radius 3 is 3.06 bits per heavy atom. The SMILES string of the molecule is N=C(N)c1ncn2c1NC[C@H]1O[C@@H]2C(O)[C@H]1O. The molecule has 0 radical (unpaired) electrons. The first-order valence-electron chi connectivity index (χ1n) is 5.26. The van der Waals surface area contributed by atoms with Crippen LogP contribution in [0.3, 0.4) is 0 Å². The van der Waals surface area contributed by atoms with Crippen molar-refractivity contribution >= 4 is 11.7 Å². The van der Waals surface area contributed by atoms with Crippen molar-refractivity contribution in [1.29, 1.82) is 5.41 Å². The molecule has 8 nitrogen and oxygen atoms in total. The van der Waals surface area contributed by atoms with Crippen LogP contribution < -0.4 is 11.1 Å². The summed E-state index contributed by atoms with van der Waals surface area (Å²) in [5, 5.41) is 30.0. The fraction of sp³-hybridized carbons (Fsp3) is 0.556. The van der Waals surface area contributed by atoms with Crippen molar-refractivity contribution in [2.75, 3.05) is 11.9 Å². The zero-order chi connectivity index (χ0) is 12.2. The maximum atomic E-state index is 9.85. The highest BCUT2D eigenvalue weighted by Gasteiger charge is 2.46. The van der Waals surface area contributed by atoms with Gasteiger partial charge in [0.1, 0.15) is 35.7 Å². The summed E-state index contributed by atoms with van der Waals surface area (Å²) in [6, 6.07) is 0. The van der Waals surface area contributed by atoms with Crippen LogP contribution in [0.2, 0.25) is 0 Å². The Balaban J connectivity index is 2.07. The molecule has 2 aliphatic heterocycles. The molecular formula is C9H13N5O3. The van der Waals surface area contributed by atoms with Crippen LogP contribution in [0.4, 0.5) is 5.82 Å². The van der Waals surface area contributed by atoms with Gasteiger partial charge in [0.25, 0.3) is 0 Å². The van der Waals surface area contributed by atoms with Crippen LogP contribution >= 0.6 is 0 Å². The van der Waals surface area contributed by atoms with Gasteiger partial charge in [-0.15, -0.1) is 0 Å². The number of amidine groups is 1. The second kappa shape index (κ2) is 3.42. The van der Waals surface area contributed by atoms with Crippen LogP contribution in [-0.2, 0) is 4.74 Å². The molecule has 1 unspecified atom stereocenters. The fourth-order valence-corrected chi connectivity index (χ4v) is 2.25. The summed E-state index contributed by atoms with van der Waals surface area (Å²) in [6.07, 6.45) is -1.66. The fourth-order valence-electron chi connectivity index (χ4n) is 2.25. The predicted octanol–water partition coefficient (Wildman–Crippen LogP) is -1.79. The lowest BCUT2D eigenvalue weighted by Crippen LogP contribution is -2.37. The van der Waals surface area contributed by atoms with Crippen molar-refractivity contribution in [3.8, 4) is 0 Å². The number of aliphatic hydroxyl groups excluding tert-OH is 2. The molecular weight excluding hydrogens is 226 g/mol. The van der Waals surface area contributed by atoms with E-state index in [0.29, 0.717) is 18.1 Å². The van der Waals surface area contributed by atoms with Crippen molar-refractivity contribution in [2.24, 2.45) is 5.73 Å². The Labute approximate surface area is 96.5 Å². The van der Waals surface area contributed by atoms with Crippen molar-refractivity contribution < 1.29 is 14.9 Å². The average molecular weight is 239 g/mol. The van der Waals surface area contributed by atoms with E-state index in [1.54, 1.807) is 4.57 Å². The zero-order valence-corrected chi connectivity index (χ0v) is 8.87. The van der Waals surface area contributed by atoms with Gasteiger partial charge in [-0.2, -0.15) is 0 Å². The van der Waals surface area contributed by atoms with Gasteiger partial charge in [-0.05, 0) is 0 Å². The van der Waals surface area contributed by atoms with Crippen LogP contribution in [0.5, 0.6) is 0 Å². The van der Waals surface area contributed by atoms with E-state index in [4.69, 9.17) is 15.9 Å². The predicted molar refractivity (Wildman–Crippen MR) is 57.7 cm³/mol. The lowest BCUT2D eigenvalue weighted by atomic mass is 10.1. The number of hydrogen-bond acceptors (Lipinski definition) is 6. The molecule has 0 aromatic carbocycles. The Morgan fingerprint density at radius 2 is 2.35 bits per heavy atom. The summed E-state index contributed by atoms with van der Waals surface area (Å²) in [7, 11) is 0. The van der Waals surface area contributed by atoms with Gasteiger partial charge in [-0.3, -0.25) is 9.98 Å². The van der Waals surface area contributed by atoms with Crippen molar-refractivity contribution in [2.45, 2.75) is 24.5 Å². The second-order valence-corrected chi connectivity index (χ2v) is 4.19. The summed E-state index contributed by atoms with van der Waals surface area (Å²) >= 11 is 0. The van der Waals surface area contributed by atoms with Gasteiger partial charge in [-0.25, -0.2) is 4.98 Å². The number of nitrogen functional groups attached to an aromatic ring is 1. The Kier molecular flexibility index (Phi) is 2.12. The quantitative estimate of drug-likeness (QED) is 0.291. The largest absolute Gasteiger partial charge is 0.387 e. The van der Waals surface area contributed by atoms with Crippen LogP contribution in [0.1, 0.15) is 11.9 Å². The number of nitrogens with zero attached hydrogens (tertiary/aromatic N) is 2. The molecule has 1 aromatic heterocycles. The van der Waals surface area contributed by atoms with E-state index in [0.717, 1.165) is 0 Å². The third-order valence-electron chi connectivity index (χ3n) is 3.13. The van der Waals surface area contributed by atoms with Crippen molar-refractivity contribution in [1.82, 2.24) is 9.55 Å². The molecule has 0 aliphatic carbocycles. The molecule has 3 rings (SSSR count). The first-order valence-corrected chi connectivity index (χ1v) is 5.26. The summed E-state index contributed by atoms with van der Waals surface area (Å²) < 4.78 is 7.07. The van der Waals surface area contributed by atoms with E-state index in [1.807, 2.05) is 0 Å². The lowest BCUT2D eigenvalue weighted by Gasteiger charge is -2.20. The number of imidazole rings is 1. The summed E-state index contributed by atoms with van der Waals surface area (Å²) in [5.74, 6) is 0.384. The van der Waals surface area contributed by atoms with E-state index < -0.39 is 24.5 Å². The molecule has 0 saturated carbocycles. The highest BCUT2D eigenvalue weighted by Crippen LogP contribution is 2.35. The van der Waals surface area contributed by atoms with Gasteiger partial charge in [0.2, 0.25) is 0 Å². The average Bonchev–Trinajstić information content (AvgIpc) is 2.75. The van der Waals surface area contributed by atoms with Crippen LogP contribution in [0.15, 0.2) is 6.33 Å². The van der Waals surface area contributed by atoms with Crippen molar-refractivity contribution in [3.05, 3.63) is 12.0 Å². The number of fused-ring (bicyclic) bond motifs is 4. The van der Waals surface area contributed by atoms with Gasteiger partial charge in [0.15, 0.2) is 6.23 Å². The Bertz CT molecular complexity index is 473. The molecule has 2 bridgehead atoms. The Morgan fingerprint density at radius 1 is 1.59 bits per heavy atom. The number of anilines is 1. The van der Waals surface area contributed by atoms with Gasteiger partial charge >= 0.3 is 0 Å². The number of ether oxygens (including phenoxy) is 1. The third-order valence-corrected chi connectivity index (χ3v) is 3.13. The molecule has 6 N–H and O–H groups in total. The van der Waals surface area contributed by atoms with Crippen LogP contribution in [0.25, 0.3) is 0 Å². The number of nitrogens with one attached hydrogen (secondary N) is 2. The molecule has 1 aromatic rings. The topological polar surface area (TPSA) is 129 Å². The van der Waals surface area contributed by atoms with Crippen molar-refractivity contribution in [3.63, 3.8) is 0 Å². The highest BCUT2D eigenvalue weighted by molar-refractivity contribution is 5.97. The molecule has 0 spiro atoms. The van der Waals surface area contributed by atoms with Gasteiger partial charge in [-0.1, -0.05) is 0 Å². The zero-order valence-electron chi connectivity index (χ0n) is 8.87. The number of aliphatic hydroxyl groups is 2. The maximum Gasteiger partial charge on any atom is 0.165 e. The number of aromatic nitrogens is 2. The smallest absolute Gasteiger partial charge is 0.165 e. The monoisotopic (exact) mass is 239 g/mol. The summed E-state index contributed by atoms with van der Waals surface area (Å²) in [6.45, 7) is 0.334. The van der Waals surface area contributed by atoms with Gasteiger partial charge in [0.05, 0.1) is 6.33 Å². The molecule has 92 valence electrons. The maximum absolute atomic E-state index is 9.85. The van der Waals surface area contributed by atoms with E-state index in [9.17, 15) is 10.2 Å². The molecule has 3 heterocycles. The second-order valence-electron chi connectivity index (χ2n) is 4.19. The molecule has 8 heteroatoms. The molecule has 17 heavy (non-hydrogen) atoms. The van der Waals surface area contributed by atoms with Crippen LogP contribution in [-0.4, -0.2) is 50.5 Å². The standard InChI is InChI=1S/C9H13N5O3/c10-7(11)4-8-12-1-3-5(15)6(16)9(17-3)14(8)2-13-4/h2-3,5-6,9,12,15-16H,1H2,(H3,10,11)/t3-,5+,6?,9-/m1/s1.